The molecule has 18 heavy (non-hydrogen) atoms. The van der Waals surface area contributed by atoms with E-state index < -0.39 is 12.0 Å². The molecule has 1 unspecified atom stereocenters. The minimum Gasteiger partial charge on any atom is -0.480 e. The van der Waals surface area contributed by atoms with Gasteiger partial charge in [0.15, 0.2) is 0 Å². The van der Waals surface area contributed by atoms with Crippen molar-refractivity contribution in [1.82, 2.24) is 10.6 Å². The van der Waals surface area contributed by atoms with Gasteiger partial charge in [0.25, 0.3) is 0 Å². The SMILES string of the molecule is CCCNC(CCOC(=O)[C@@H]1CCCN1)C(=O)O. The van der Waals surface area contributed by atoms with Gasteiger partial charge in [-0.05, 0) is 32.4 Å². The normalized spacial score (nSPS) is 20.6. The summed E-state index contributed by atoms with van der Waals surface area (Å²) in [4.78, 5) is 22.5. The minimum atomic E-state index is -0.904. The number of esters is 1. The van der Waals surface area contributed by atoms with Crippen LogP contribution in [0.1, 0.15) is 32.6 Å². The van der Waals surface area contributed by atoms with Crippen LogP contribution in [-0.2, 0) is 14.3 Å². The zero-order valence-corrected chi connectivity index (χ0v) is 10.8. The smallest absolute Gasteiger partial charge is 0.323 e. The second kappa shape index (κ2) is 8.05. The molecule has 3 N–H and O–H groups in total. The maximum atomic E-state index is 11.6. The Kier molecular flexibility index (Phi) is 6.67. The molecule has 0 amide bonds. The van der Waals surface area contributed by atoms with Gasteiger partial charge in [0, 0.05) is 6.42 Å². The van der Waals surface area contributed by atoms with Gasteiger partial charge in [0.1, 0.15) is 12.1 Å². The first-order valence-corrected chi connectivity index (χ1v) is 6.51. The van der Waals surface area contributed by atoms with Crippen LogP contribution in [0.4, 0.5) is 0 Å². The predicted octanol–water partition coefficient (Wildman–Crippen LogP) is 0.125. The van der Waals surface area contributed by atoms with Crippen LogP contribution in [-0.4, -0.2) is 48.8 Å². The van der Waals surface area contributed by atoms with E-state index in [4.69, 9.17) is 9.84 Å². The zero-order chi connectivity index (χ0) is 13.4. The van der Waals surface area contributed by atoms with Crippen molar-refractivity contribution in [3.63, 3.8) is 0 Å². The van der Waals surface area contributed by atoms with Crippen LogP contribution in [0.2, 0.25) is 0 Å². The van der Waals surface area contributed by atoms with Crippen molar-refractivity contribution in [2.75, 3.05) is 19.7 Å². The molecule has 0 aromatic heterocycles. The molecule has 1 fully saturated rings. The molecular weight excluding hydrogens is 236 g/mol. The number of aliphatic carboxylic acids is 1. The maximum absolute atomic E-state index is 11.6. The number of hydrogen-bond acceptors (Lipinski definition) is 5. The van der Waals surface area contributed by atoms with Crippen molar-refractivity contribution in [2.45, 2.75) is 44.7 Å². The average molecular weight is 258 g/mol. The van der Waals surface area contributed by atoms with E-state index in [1.54, 1.807) is 0 Å². The Morgan fingerprint density at radius 2 is 2.33 bits per heavy atom. The van der Waals surface area contributed by atoms with Crippen LogP contribution >= 0.6 is 0 Å². The maximum Gasteiger partial charge on any atom is 0.323 e. The van der Waals surface area contributed by atoms with Crippen LogP contribution < -0.4 is 10.6 Å². The van der Waals surface area contributed by atoms with E-state index in [1.807, 2.05) is 6.92 Å². The van der Waals surface area contributed by atoms with Gasteiger partial charge in [-0.15, -0.1) is 0 Å². The molecule has 0 spiro atoms. The van der Waals surface area contributed by atoms with Crippen LogP contribution in [0.25, 0.3) is 0 Å². The molecule has 1 aliphatic rings. The summed E-state index contributed by atoms with van der Waals surface area (Å²) in [5.74, 6) is -1.18. The lowest BCUT2D eigenvalue weighted by molar-refractivity contribution is -0.148. The van der Waals surface area contributed by atoms with E-state index in [0.29, 0.717) is 13.0 Å². The van der Waals surface area contributed by atoms with Crippen LogP contribution in [0.15, 0.2) is 0 Å². The van der Waals surface area contributed by atoms with E-state index in [2.05, 4.69) is 10.6 Å². The third-order valence-electron chi connectivity index (χ3n) is 2.93. The van der Waals surface area contributed by atoms with E-state index in [-0.39, 0.29) is 18.6 Å². The van der Waals surface area contributed by atoms with Gasteiger partial charge in [-0.25, -0.2) is 0 Å². The largest absolute Gasteiger partial charge is 0.480 e. The first kappa shape index (κ1) is 14.9. The van der Waals surface area contributed by atoms with E-state index >= 15 is 0 Å². The highest BCUT2D eigenvalue weighted by atomic mass is 16.5. The lowest BCUT2D eigenvalue weighted by atomic mass is 10.2. The van der Waals surface area contributed by atoms with Gasteiger partial charge in [-0.1, -0.05) is 6.92 Å². The van der Waals surface area contributed by atoms with Crippen molar-refractivity contribution >= 4 is 11.9 Å². The minimum absolute atomic E-state index is 0.144. The summed E-state index contributed by atoms with van der Waals surface area (Å²) < 4.78 is 5.08. The number of carbonyl (C=O) groups excluding carboxylic acids is 1. The van der Waals surface area contributed by atoms with Crippen LogP contribution in [0.3, 0.4) is 0 Å². The van der Waals surface area contributed by atoms with Crippen LogP contribution in [0, 0.1) is 0 Å². The first-order valence-electron chi connectivity index (χ1n) is 6.51. The number of rotatable bonds is 8. The Labute approximate surface area is 107 Å². The standard InChI is InChI=1S/C12H22N2O4/c1-2-6-13-9(11(15)16)5-8-18-12(17)10-4-3-7-14-10/h9-10,13-14H,2-8H2,1H3,(H,15,16)/t9?,10-/m0/s1. The van der Waals surface area contributed by atoms with Crippen molar-refractivity contribution in [1.29, 1.82) is 0 Å². The molecule has 0 aromatic carbocycles. The summed E-state index contributed by atoms with van der Waals surface area (Å²) in [6.45, 7) is 3.60. The molecule has 104 valence electrons. The fourth-order valence-corrected chi connectivity index (χ4v) is 1.90. The number of carboxylic acids is 1. The zero-order valence-electron chi connectivity index (χ0n) is 10.8. The Morgan fingerprint density at radius 1 is 1.56 bits per heavy atom. The lowest BCUT2D eigenvalue weighted by Crippen LogP contribution is -2.39. The molecule has 0 radical (unpaired) electrons. The van der Waals surface area contributed by atoms with Gasteiger partial charge in [-0.3, -0.25) is 9.59 Å². The molecule has 0 saturated carbocycles. The first-order chi connectivity index (χ1) is 8.65. The summed E-state index contributed by atoms with van der Waals surface area (Å²) in [5.41, 5.74) is 0. The molecule has 0 bridgehead atoms. The number of carbonyl (C=O) groups is 2. The van der Waals surface area contributed by atoms with Gasteiger partial charge in [0.2, 0.25) is 0 Å². The van der Waals surface area contributed by atoms with Crippen molar-refractivity contribution in [2.24, 2.45) is 0 Å². The summed E-state index contributed by atoms with van der Waals surface area (Å²) in [6.07, 6.45) is 2.95. The number of ether oxygens (including phenoxy) is 1. The van der Waals surface area contributed by atoms with E-state index in [0.717, 1.165) is 25.8 Å². The molecule has 1 saturated heterocycles. The van der Waals surface area contributed by atoms with Crippen LogP contribution in [0.5, 0.6) is 0 Å². The molecule has 1 heterocycles. The Balaban J connectivity index is 2.20. The van der Waals surface area contributed by atoms with Gasteiger partial charge < -0.3 is 20.5 Å². The third kappa shape index (κ3) is 5.01. The summed E-state index contributed by atoms with van der Waals surface area (Å²) in [6, 6.07) is -0.855. The molecule has 6 nitrogen and oxygen atoms in total. The highest BCUT2D eigenvalue weighted by Gasteiger charge is 2.24. The predicted molar refractivity (Wildman–Crippen MR) is 66.3 cm³/mol. The van der Waals surface area contributed by atoms with Crippen molar-refractivity contribution in [3.05, 3.63) is 0 Å². The molecule has 1 aliphatic heterocycles. The molecule has 2 atom stereocenters. The highest BCUT2D eigenvalue weighted by molar-refractivity contribution is 5.76. The Hall–Kier alpha value is -1.14. The van der Waals surface area contributed by atoms with Gasteiger partial charge in [-0.2, -0.15) is 0 Å². The topological polar surface area (TPSA) is 87.7 Å². The second-order valence-corrected chi connectivity index (χ2v) is 4.45. The lowest BCUT2D eigenvalue weighted by Gasteiger charge is -2.15. The molecule has 0 aliphatic carbocycles. The highest BCUT2D eigenvalue weighted by Crippen LogP contribution is 2.07. The molecule has 0 aromatic rings. The fourth-order valence-electron chi connectivity index (χ4n) is 1.90. The van der Waals surface area contributed by atoms with Gasteiger partial charge >= 0.3 is 11.9 Å². The quantitative estimate of drug-likeness (QED) is 0.536. The van der Waals surface area contributed by atoms with Crippen molar-refractivity contribution in [3.8, 4) is 0 Å². The number of carboxylic acid groups (broad SMARTS) is 1. The fraction of sp³-hybridized carbons (Fsp3) is 0.833. The number of hydrogen-bond donors (Lipinski definition) is 3. The van der Waals surface area contributed by atoms with Crippen molar-refractivity contribution < 1.29 is 19.4 Å². The number of nitrogens with one attached hydrogen (secondary N) is 2. The summed E-state index contributed by atoms with van der Waals surface area (Å²) >= 11 is 0. The summed E-state index contributed by atoms with van der Waals surface area (Å²) in [7, 11) is 0. The molecule has 1 rings (SSSR count). The Bertz CT molecular complexity index is 277. The summed E-state index contributed by atoms with van der Waals surface area (Å²) in [5, 5.41) is 14.9. The Morgan fingerprint density at radius 3 is 2.89 bits per heavy atom. The average Bonchev–Trinajstić information content (AvgIpc) is 2.86. The van der Waals surface area contributed by atoms with E-state index in [1.165, 1.54) is 0 Å². The molecular formula is C12H22N2O4. The molecule has 6 heteroatoms. The second-order valence-electron chi connectivity index (χ2n) is 4.45. The van der Waals surface area contributed by atoms with Gasteiger partial charge in [0.05, 0.1) is 6.61 Å². The third-order valence-corrected chi connectivity index (χ3v) is 2.93. The monoisotopic (exact) mass is 258 g/mol. The van der Waals surface area contributed by atoms with E-state index in [9.17, 15) is 9.59 Å².